The minimum atomic E-state index is -0.371. The number of aryl methyl sites for hydroxylation is 1. The second-order valence-electron chi connectivity index (χ2n) is 6.33. The number of benzene rings is 1. The Morgan fingerprint density at radius 3 is 3.04 bits per heavy atom. The molecule has 1 aromatic heterocycles. The zero-order valence-electron chi connectivity index (χ0n) is 14.9. The van der Waals surface area contributed by atoms with Gasteiger partial charge in [0.05, 0.1) is 6.10 Å². The summed E-state index contributed by atoms with van der Waals surface area (Å²) in [4.78, 5) is 18.5. The number of amides is 1. The summed E-state index contributed by atoms with van der Waals surface area (Å²) in [7, 11) is 1.55. The quantitative estimate of drug-likeness (QED) is 0.785. The summed E-state index contributed by atoms with van der Waals surface area (Å²) in [5, 5.41) is 3.83. The lowest BCUT2D eigenvalue weighted by atomic mass is 10.1. The van der Waals surface area contributed by atoms with Crippen LogP contribution in [0.15, 0.2) is 22.7 Å². The molecule has 2 aromatic rings. The van der Waals surface area contributed by atoms with E-state index in [-0.39, 0.29) is 31.0 Å². The Kier molecular flexibility index (Phi) is 5.95. The molecule has 0 saturated carbocycles. The lowest BCUT2D eigenvalue weighted by molar-refractivity contribution is -0.00962. The van der Waals surface area contributed by atoms with Crippen LogP contribution in [-0.2, 0) is 22.7 Å². The van der Waals surface area contributed by atoms with E-state index in [0.717, 1.165) is 12.8 Å². The van der Waals surface area contributed by atoms with E-state index in [2.05, 4.69) is 10.1 Å². The van der Waals surface area contributed by atoms with Crippen molar-refractivity contribution in [1.82, 2.24) is 15.0 Å². The van der Waals surface area contributed by atoms with Gasteiger partial charge in [0.1, 0.15) is 19.0 Å². The first-order chi connectivity index (χ1) is 12.6. The number of halogens is 1. The van der Waals surface area contributed by atoms with Gasteiger partial charge < -0.3 is 18.9 Å². The molecular weight excluding hydrogens is 341 g/mol. The van der Waals surface area contributed by atoms with Crippen molar-refractivity contribution in [1.29, 1.82) is 0 Å². The van der Waals surface area contributed by atoms with Crippen molar-refractivity contribution in [3.05, 3.63) is 46.9 Å². The number of aromatic nitrogens is 2. The number of methoxy groups -OCH3 is 1. The van der Waals surface area contributed by atoms with Gasteiger partial charge in [0.2, 0.25) is 0 Å². The standard InChI is InChI=1S/C18H22FN3O4/c1-12-5-6-13(8-15(12)19)18(23)22-7-3-4-14(9-22)25-10-16-20-17(11-24-2)26-21-16/h5-6,8,14H,3-4,7,9-11H2,1-2H3. The average molecular weight is 363 g/mol. The average Bonchev–Trinajstić information content (AvgIpc) is 3.10. The van der Waals surface area contributed by atoms with Gasteiger partial charge in [-0.05, 0) is 37.5 Å². The van der Waals surface area contributed by atoms with E-state index in [1.54, 1.807) is 31.1 Å². The van der Waals surface area contributed by atoms with Crippen LogP contribution in [0.3, 0.4) is 0 Å². The second kappa shape index (κ2) is 8.37. The summed E-state index contributed by atoms with van der Waals surface area (Å²) >= 11 is 0. The fourth-order valence-corrected chi connectivity index (χ4v) is 2.89. The first-order valence-electron chi connectivity index (χ1n) is 8.54. The van der Waals surface area contributed by atoms with Crippen LogP contribution < -0.4 is 0 Å². The Morgan fingerprint density at radius 2 is 2.27 bits per heavy atom. The largest absolute Gasteiger partial charge is 0.375 e. The van der Waals surface area contributed by atoms with Crippen LogP contribution >= 0.6 is 0 Å². The van der Waals surface area contributed by atoms with Gasteiger partial charge in [0, 0.05) is 25.8 Å². The summed E-state index contributed by atoms with van der Waals surface area (Å²) in [6, 6.07) is 4.56. The fourth-order valence-electron chi connectivity index (χ4n) is 2.89. The molecule has 7 nitrogen and oxygen atoms in total. The minimum Gasteiger partial charge on any atom is -0.375 e. The molecule has 1 fully saturated rings. The minimum absolute atomic E-state index is 0.118. The van der Waals surface area contributed by atoms with Gasteiger partial charge in [-0.25, -0.2) is 4.39 Å². The summed E-state index contributed by atoms with van der Waals surface area (Å²) in [6.45, 7) is 3.22. The van der Waals surface area contributed by atoms with E-state index in [9.17, 15) is 9.18 Å². The highest BCUT2D eigenvalue weighted by Gasteiger charge is 2.25. The zero-order chi connectivity index (χ0) is 18.5. The number of likely N-dealkylation sites (tertiary alicyclic amines) is 1. The Morgan fingerprint density at radius 1 is 1.42 bits per heavy atom. The molecule has 8 heteroatoms. The molecule has 0 aliphatic carbocycles. The maximum Gasteiger partial charge on any atom is 0.254 e. The molecule has 0 N–H and O–H groups in total. The molecule has 2 heterocycles. The summed E-state index contributed by atoms with van der Waals surface area (Å²) in [5.41, 5.74) is 0.880. The molecule has 1 aromatic carbocycles. The smallest absolute Gasteiger partial charge is 0.254 e. The molecular formula is C18H22FN3O4. The highest BCUT2D eigenvalue weighted by molar-refractivity contribution is 5.94. The summed E-state index contributed by atoms with van der Waals surface area (Å²) in [6.07, 6.45) is 1.55. The van der Waals surface area contributed by atoms with Crippen molar-refractivity contribution in [2.75, 3.05) is 20.2 Å². The molecule has 1 amide bonds. The predicted octanol–water partition coefficient (Wildman–Crippen LogP) is 2.48. The van der Waals surface area contributed by atoms with E-state index < -0.39 is 0 Å². The molecule has 0 radical (unpaired) electrons. The number of hydrogen-bond donors (Lipinski definition) is 0. The first kappa shape index (κ1) is 18.5. The van der Waals surface area contributed by atoms with Gasteiger partial charge in [0.15, 0.2) is 5.82 Å². The molecule has 140 valence electrons. The number of rotatable bonds is 6. The number of ether oxygens (including phenoxy) is 2. The van der Waals surface area contributed by atoms with Gasteiger partial charge in [-0.15, -0.1) is 0 Å². The van der Waals surface area contributed by atoms with Crippen molar-refractivity contribution in [3.8, 4) is 0 Å². The highest BCUT2D eigenvalue weighted by atomic mass is 19.1. The van der Waals surface area contributed by atoms with Crippen molar-refractivity contribution in [3.63, 3.8) is 0 Å². The van der Waals surface area contributed by atoms with E-state index in [0.29, 0.717) is 35.9 Å². The van der Waals surface area contributed by atoms with Crippen LogP contribution in [0.5, 0.6) is 0 Å². The zero-order valence-corrected chi connectivity index (χ0v) is 14.9. The number of nitrogens with zero attached hydrogens (tertiary/aromatic N) is 3. The van der Waals surface area contributed by atoms with Gasteiger partial charge in [-0.2, -0.15) is 4.98 Å². The highest BCUT2D eigenvalue weighted by Crippen LogP contribution is 2.18. The molecule has 3 rings (SSSR count). The fraction of sp³-hybridized carbons (Fsp3) is 0.500. The number of hydrogen-bond acceptors (Lipinski definition) is 6. The van der Waals surface area contributed by atoms with Crippen molar-refractivity contribution in [2.45, 2.75) is 39.1 Å². The molecule has 1 unspecified atom stereocenters. The topological polar surface area (TPSA) is 77.7 Å². The van der Waals surface area contributed by atoms with Gasteiger partial charge >= 0.3 is 0 Å². The van der Waals surface area contributed by atoms with Crippen molar-refractivity contribution < 1.29 is 23.2 Å². The van der Waals surface area contributed by atoms with Gasteiger partial charge in [0.25, 0.3) is 11.8 Å². The third-order valence-corrected chi connectivity index (χ3v) is 4.31. The molecule has 1 atom stereocenters. The molecule has 0 bridgehead atoms. The first-order valence-corrected chi connectivity index (χ1v) is 8.54. The molecule has 1 saturated heterocycles. The van der Waals surface area contributed by atoms with Crippen LogP contribution in [0, 0.1) is 12.7 Å². The summed E-state index contributed by atoms with van der Waals surface area (Å²) in [5.74, 6) is 0.290. The van der Waals surface area contributed by atoms with E-state index in [1.807, 2.05) is 0 Å². The van der Waals surface area contributed by atoms with E-state index in [1.165, 1.54) is 6.07 Å². The monoisotopic (exact) mass is 363 g/mol. The molecule has 1 aliphatic rings. The Balaban J connectivity index is 1.56. The van der Waals surface area contributed by atoms with Crippen LogP contribution in [0.2, 0.25) is 0 Å². The van der Waals surface area contributed by atoms with Gasteiger partial charge in [-0.1, -0.05) is 11.2 Å². The molecule has 1 aliphatic heterocycles. The number of piperidine rings is 1. The Labute approximate surface area is 151 Å². The lowest BCUT2D eigenvalue weighted by Crippen LogP contribution is -2.43. The van der Waals surface area contributed by atoms with Gasteiger partial charge in [-0.3, -0.25) is 4.79 Å². The van der Waals surface area contributed by atoms with Crippen LogP contribution in [-0.4, -0.2) is 47.3 Å². The Hall–Kier alpha value is -2.32. The molecule has 26 heavy (non-hydrogen) atoms. The normalized spacial score (nSPS) is 17.5. The summed E-state index contributed by atoms with van der Waals surface area (Å²) < 4.78 is 29.5. The number of carbonyl (C=O) groups is 1. The predicted molar refractivity (Wildman–Crippen MR) is 89.9 cm³/mol. The third-order valence-electron chi connectivity index (χ3n) is 4.31. The maximum absolute atomic E-state index is 13.7. The van der Waals surface area contributed by atoms with Crippen LogP contribution in [0.1, 0.15) is 40.5 Å². The van der Waals surface area contributed by atoms with E-state index in [4.69, 9.17) is 14.0 Å². The SMILES string of the molecule is COCc1nc(COC2CCCN(C(=O)c3ccc(C)c(F)c3)C2)no1. The van der Waals surface area contributed by atoms with Crippen molar-refractivity contribution >= 4 is 5.91 Å². The van der Waals surface area contributed by atoms with Crippen LogP contribution in [0.4, 0.5) is 4.39 Å². The molecule has 0 spiro atoms. The number of carbonyl (C=O) groups excluding carboxylic acids is 1. The maximum atomic E-state index is 13.7. The Bertz CT molecular complexity index is 765. The van der Waals surface area contributed by atoms with Crippen LogP contribution in [0.25, 0.3) is 0 Å². The van der Waals surface area contributed by atoms with Crippen molar-refractivity contribution in [2.24, 2.45) is 0 Å². The second-order valence-corrected chi connectivity index (χ2v) is 6.33. The van der Waals surface area contributed by atoms with E-state index >= 15 is 0 Å². The lowest BCUT2D eigenvalue weighted by Gasteiger charge is -2.32. The third kappa shape index (κ3) is 4.44.